The minimum Gasteiger partial charge on any atom is -0.292 e. The van der Waals surface area contributed by atoms with Gasteiger partial charge in [-0.2, -0.15) is 0 Å². The van der Waals surface area contributed by atoms with Crippen LogP contribution in [0.1, 0.15) is 55.3 Å². The fraction of sp³-hybridized carbons (Fsp3) is 0.588. The third kappa shape index (κ3) is 2.61. The Bertz CT molecular complexity index is 532. The van der Waals surface area contributed by atoms with E-state index in [1.807, 2.05) is 0 Å². The van der Waals surface area contributed by atoms with Gasteiger partial charge in [0, 0.05) is 0 Å². The second-order valence-electron chi connectivity index (χ2n) is 6.24. The maximum atomic E-state index is 14.0. The number of nitrogens with zero attached hydrogens (tertiary/aromatic N) is 1. The van der Waals surface area contributed by atoms with Crippen molar-refractivity contribution < 1.29 is 13.6 Å². The molecule has 0 unspecified atom stereocenters. The van der Waals surface area contributed by atoms with Gasteiger partial charge in [0.05, 0.1) is 11.1 Å². The van der Waals surface area contributed by atoms with Gasteiger partial charge in [-0.05, 0) is 57.0 Å². The molecule has 0 N–H and O–H groups in total. The summed E-state index contributed by atoms with van der Waals surface area (Å²) in [5.41, 5.74) is -0.683. The molecule has 0 amide bonds. The third-order valence-electron chi connectivity index (χ3n) is 4.99. The molecule has 21 heavy (non-hydrogen) atoms. The van der Waals surface area contributed by atoms with Gasteiger partial charge in [-0.1, -0.05) is 19.3 Å². The molecule has 0 atom stereocenters. The van der Waals surface area contributed by atoms with Gasteiger partial charge >= 0.3 is 0 Å². The first-order valence-corrected chi connectivity index (χ1v) is 7.88. The first kappa shape index (κ1) is 14.6. The van der Waals surface area contributed by atoms with Crippen LogP contribution in [0.5, 0.6) is 0 Å². The van der Waals surface area contributed by atoms with Crippen molar-refractivity contribution in [3.8, 4) is 0 Å². The standard InChI is InChI=1S/C17H21F2NO/c18-13-6-7-15(19)14(12-13)16(21)17(8-2-3-9-17)20-10-4-1-5-11-20/h6-7,12H,1-5,8-11H2. The fourth-order valence-corrected chi connectivity index (χ4v) is 3.89. The van der Waals surface area contributed by atoms with Crippen molar-refractivity contribution in [2.24, 2.45) is 0 Å². The molecule has 2 fully saturated rings. The predicted octanol–water partition coefficient (Wildman–Crippen LogP) is 3.95. The number of piperidine rings is 1. The predicted molar refractivity (Wildman–Crippen MR) is 77.3 cm³/mol. The van der Waals surface area contributed by atoms with Gasteiger partial charge in [0.2, 0.25) is 0 Å². The Hall–Kier alpha value is -1.29. The van der Waals surface area contributed by atoms with E-state index in [4.69, 9.17) is 0 Å². The molecule has 0 radical (unpaired) electrons. The summed E-state index contributed by atoms with van der Waals surface area (Å²) in [4.78, 5) is 15.2. The summed E-state index contributed by atoms with van der Waals surface area (Å²) in [7, 11) is 0. The SMILES string of the molecule is O=C(c1cc(F)ccc1F)C1(N2CCCCC2)CCCC1. The largest absolute Gasteiger partial charge is 0.292 e. The lowest BCUT2D eigenvalue weighted by atomic mass is 9.84. The molecule has 114 valence electrons. The van der Waals surface area contributed by atoms with Gasteiger partial charge in [-0.25, -0.2) is 8.78 Å². The van der Waals surface area contributed by atoms with Crippen molar-refractivity contribution >= 4 is 5.78 Å². The van der Waals surface area contributed by atoms with E-state index in [0.29, 0.717) is 0 Å². The van der Waals surface area contributed by atoms with Crippen molar-refractivity contribution in [1.29, 1.82) is 0 Å². The number of hydrogen-bond donors (Lipinski definition) is 0. The quantitative estimate of drug-likeness (QED) is 0.787. The van der Waals surface area contributed by atoms with E-state index in [-0.39, 0.29) is 11.3 Å². The van der Waals surface area contributed by atoms with Crippen LogP contribution in [0, 0.1) is 11.6 Å². The smallest absolute Gasteiger partial charge is 0.186 e. The Labute approximate surface area is 124 Å². The summed E-state index contributed by atoms with van der Waals surface area (Å²) in [5.74, 6) is -1.38. The maximum Gasteiger partial charge on any atom is 0.186 e. The third-order valence-corrected chi connectivity index (χ3v) is 4.99. The Morgan fingerprint density at radius 2 is 1.67 bits per heavy atom. The van der Waals surface area contributed by atoms with E-state index < -0.39 is 17.2 Å². The number of ketones is 1. The Morgan fingerprint density at radius 1 is 1.00 bits per heavy atom. The van der Waals surface area contributed by atoms with E-state index in [2.05, 4.69) is 4.90 Å². The lowest BCUT2D eigenvalue weighted by Gasteiger charge is -2.42. The molecule has 0 aromatic heterocycles. The average Bonchev–Trinajstić information content (AvgIpc) is 3.01. The van der Waals surface area contributed by atoms with Crippen LogP contribution in [0.15, 0.2) is 18.2 Å². The van der Waals surface area contributed by atoms with Crippen LogP contribution in [0.3, 0.4) is 0 Å². The van der Waals surface area contributed by atoms with Gasteiger partial charge in [-0.15, -0.1) is 0 Å². The van der Waals surface area contributed by atoms with Gasteiger partial charge in [0.15, 0.2) is 5.78 Å². The first-order valence-electron chi connectivity index (χ1n) is 7.88. The Balaban J connectivity index is 1.96. The Kier molecular flexibility index (Phi) is 4.07. The van der Waals surface area contributed by atoms with Gasteiger partial charge in [-0.3, -0.25) is 9.69 Å². The maximum absolute atomic E-state index is 14.0. The van der Waals surface area contributed by atoms with Crippen LogP contribution in [-0.4, -0.2) is 29.3 Å². The summed E-state index contributed by atoms with van der Waals surface area (Å²) >= 11 is 0. The minimum atomic E-state index is -0.607. The van der Waals surface area contributed by atoms with Gasteiger partial charge in [0.25, 0.3) is 0 Å². The van der Waals surface area contributed by atoms with Crippen LogP contribution in [0.2, 0.25) is 0 Å². The molecular formula is C17H21F2NO. The van der Waals surface area contributed by atoms with Crippen molar-refractivity contribution in [3.05, 3.63) is 35.4 Å². The van der Waals surface area contributed by atoms with Crippen LogP contribution in [0.25, 0.3) is 0 Å². The topological polar surface area (TPSA) is 20.3 Å². The highest BCUT2D eigenvalue weighted by atomic mass is 19.1. The molecule has 2 nitrogen and oxygen atoms in total. The van der Waals surface area contributed by atoms with Crippen LogP contribution < -0.4 is 0 Å². The molecule has 3 rings (SSSR count). The molecule has 4 heteroatoms. The molecule has 1 aromatic rings. The molecule has 1 saturated heterocycles. The van der Waals surface area contributed by atoms with Crippen LogP contribution >= 0.6 is 0 Å². The minimum absolute atomic E-state index is 0.0810. The number of halogens is 2. The molecular weight excluding hydrogens is 272 g/mol. The molecule has 1 aromatic carbocycles. The van der Waals surface area contributed by atoms with E-state index in [9.17, 15) is 13.6 Å². The zero-order chi connectivity index (χ0) is 14.9. The number of rotatable bonds is 3. The van der Waals surface area contributed by atoms with Crippen molar-refractivity contribution in [2.75, 3.05) is 13.1 Å². The fourth-order valence-electron chi connectivity index (χ4n) is 3.89. The Morgan fingerprint density at radius 3 is 2.33 bits per heavy atom. The lowest BCUT2D eigenvalue weighted by Crippen LogP contribution is -2.54. The second-order valence-corrected chi connectivity index (χ2v) is 6.24. The number of benzene rings is 1. The summed E-state index contributed by atoms with van der Waals surface area (Å²) in [5, 5.41) is 0. The zero-order valence-electron chi connectivity index (χ0n) is 12.2. The lowest BCUT2D eigenvalue weighted by molar-refractivity contribution is 0.0473. The molecule has 1 saturated carbocycles. The van der Waals surface area contributed by atoms with E-state index in [1.165, 1.54) is 6.42 Å². The van der Waals surface area contributed by atoms with Crippen molar-refractivity contribution in [1.82, 2.24) is 4.90 Å². The molecule has 1 heterocycles. The highest BCUT2D eigenvalue weighted by Crippen LogP contribution is 2.40. The highest BCUT2D eigenvalue weighted by molar-refractivity contribution is 6.03. The molecule has 2 aliphatic rings. The normalized spacial score (nSPS) is 22.4. The number of Topliss-reactive ketones (excluding diaryl/α,β-unsaturated/α-hetero) is 1. The number of likely N-dealkylation sites (tertiary alicyclic amines) is 1. The van der Waals surface area contributed by atoms with Crippen LogP contribution in [0.4, 0.5) is 8.78 Å². The number of carbonyl (C=O) groups is 1. The summed E-state index contributed by atoms with van der Waals surface area (Å²) < 4.78 is 27.4. The summed E-state index contributed by atoms with van der Waals surface area (Å²) in [6, 6.07) is 3.18. The number of carbonyl (C=O) groups excluding carboxylic acids is 1. The zero-order valence-corrected chi connectivity index (χ0v) is 12.2. The molecule has 1 aliphatic heterocycles. The second kappa shape index (κ2) is 5.84. The summed E-state index contributed by atoms with van der Waals surface area (Å²) in [6.45, 7) is 1.78. The monoisotopic (exact) mass is 293 g/mol. The first-order chi connectivity index (χ1) is 10.1. The number of hydrogen-bond acceptors (Lipinski definition) is 2. The molecule has 0 spiro atoms. The highest BCUT2D eigenvalue weighted by Gasteiger charge is 2.47. The molecule has 0 bridgehead atoms. The van der Waals surface area contributed by atoms with E-state index in [0.717, 1.165) is 69.8 Å². The van der Waals surface area contributed by atoms with Crippen LogP contribution in [-0.2, 0) is 0 Å². The van der Waals surface area contributed by atoms with E-state index >= 15 is 0 Å². The summed E-state index contributed by atoms with van der Waals surface area (Å²) in [6.07, 6.45) is 6.86. The van der Waals surface area contributed by atoms with Gasteiger partial charge in [0.1, 0.15) is 11.6 Å². The average molecular weight is 293 g/mol. The molecule has 1 aliphatic carbocycles. The van der Waals surface area contributed by atoms with Gasteiger partial charge < -0.3 is 0 Å². The van der Waals surface area contributed by atoms with E-state index in [1.54, 1.807) is 0 Å². The van der Waals surface area contributed by atoms with Crippen molar-refractivity contribution in [3.63, 3.8) is 0 Å². The van der Waals surface area contributed by atoms with Crippen molar-refractivity contribution in [2.45, 2.75) is 50.5 Å².